The van der Waals surface area contributed by atoms with E-state index in [1.807, 2.05) is 12.1 Å². The SMILES string of the molecule is CN(CCc1ccccc1)C1(C(=O)NCc2ccncn2)Cc2ccccc2C1. The number of fused-ring (bicyclic) bond motifs is 1. The normalized spacial score (nSPS) is 14.6. The Bertz CT molecular complexity index is 934. The summed E-state index contributed by atoms with van der Waals surface area (Å²) < 4.78 is 0. The monoisotopic (exact) mass is 386 g/mol. The van der Waals surface area contributed by atoms with Crippen molar-refractivity contribution in [1.29, 1.82) is 0 Å². The molecule has 1 aliphatic carbocycles. The molecule has 0 fully saturated rings. The lowest BCUT2D eigenvalue weighted by molar-refractivity contribution is -0.132. The van der Waals surface area contributed by atoms with Crippen molar-refractivity contribution in [3.05, 3.63) is 95.6 Å². The summed E-state index contributed by atoms with van der Waals surface area (Å²) in [5.41, 5.74) is 4.04. The maximum Gasteiger partial charge on any atom is 0.241 e. The van der Waals surface area contributed by atoms with Crippen molar-refractivity contribution in [2.24, 2.45) is 0 Å². The van der Waals surface area contributed by atoms with E-state index in [9.17, 15) is 4.79 Å². The van der Waals surface area contributed by atoms with Crippen LogP contribution in [0.4, 0.5) is 0 Å². The van der Waals surface area contributed by atoms with Crippen LogP contribution in [0.3, 0.4) is 0 Å². The van der Waals surface area contributed by atoms with Gasteiger partial charge in [-0.3, -0.25) is 9.69 Å². The summed E-state index contributed by atoms with van der Waals surface area (Å²) in [6.45, 7) is 1.23. The predicted molar refractivity (Wildman–Crippen MR) is 113 cm³/mol. The second kappa shape index (κ2) is 8.53. The van der Waals surface area contributed by atoms with Gasteiger partial charge in [-0.2, -0.15) is 0 Å². The molecule has 0 saturated heterocycles. The quantitative estimate of drug-likeness (QED) is 0.678. The van der Waals surface area contributed by atoms with Crippen LogP contribution >= 0.6 is 0 Å². The van der Waals surface area contributed by atoms with E-state index in [-0.39, 0.29) is 5.91 Å². The number of nitrogens with zero attached hydrogens (tertiary/aromatic N) is 3. The Hall–Kier alpha value is -3.05. The van der Waals surface area contributed by atoms with Crippen LogP contribution in [0.5, 0.6) is 0 Å². The molecule has 1 aliphatic rings. The molecule has 5 nitrogen and oxygen atoms in total. The Labute approximate surface area is 171 Å². The highest BCUT2D eigenvalue weighted by Crippen LogP contribution is 2.34. The Morgan fingerprint density at radius 3 is 2.38 bits per heavy atom. The van der Waals surface area contributed by atoms with Gasteiger partial charge in [0.2, 0.25) is 5.91 Å². The van der Waals surface area contributed by atoms with Gasteiger partial charge >= 0.3 is 0 Å². The molecule has 0 aliphatic heterocycles. The molecule has 29 heavy (non-hydrogen) atoms. The molecule has 148 valence electrons. The summed E-state index contributed by atoms with van der Waals surface area (Å²) in [5.74, 6) is 0.0582. The molecule has 0 unspecified atom stereocenters. The molecule has 0 bridgehead atoms. The van der Waals surface area contributed by atoms with Crippen molar-refractivity contribution < 1.29 is 4.79 Å². The van der Waals surface area contributed by atoms with Crippen LogP contribution in [-0.2, 0) is 30.6 Å². The van der Waals surface area contributed by atoms with Crippen LogP contribution in [0.15, 0.2) is 73.2 Å². The zero-order valence-corrected chi connectivity index (χ0v) is 16.7. The molecule has 1 amide bonds. The molecule has 0 saturated carbocycles. The van der Waals surface area contributed by atoms with Gasteiger partial charge in [0.15, 0.2) is 0 Å². The Kier molecular flexibility index (Phi) is 5.67. The first-order valence-electron chi connectivity index (χ1n) is 10.0. The third kappa shape index (κ3) is 4.20. The first kappa shape index (κ1) is 19.3. The fraction of sp³-hybridized carbons (Fsp3) is 0.292. The summed E-state index contributed by atoms with van der Waals surface area (Å²) in [6, 6.07) is 20.6. The summed E-state index contributed by atoms with van der Waals surface area (Å²) >= 11 is 0. The molecule has 0 radical (unpaired) electrons. The van der Waals surface area contributed by atoms with Crippen molar-refractivity contribution in [3.8, 4) is 0 Å². The zero-order valence-electron chi connectivity index (χ0n) is 16.7. The molecule has 5 heteroatoms. The second-order valence-corrected chi connectivity index (χ2v) is 7.69. The number of rotatable bonds is 7. The van der Waals surface area contributed by atoms with Gasteiger partial charge in [-0.15, -0.1) is 0 Å². The lowest BCUT2D eigenvalue weighted by Gasteiger charge is -2.37. The highest BCUT2D eigenvalue weighted by molar-refractivity contribution is 5.88. The predicted octanol–water partition coefficient (Wildman–Crippen LogP) is 2.80. The highest BCUT2D eigenvalue weighted by atomic mass is 16.2. The largest absolute Gasteiger partial charge is 0.349 e. The highest BCUT2D eigenvalue weighted by Gasteiger charge is 2.46. The number of carbonyl (C=O) groups excluding carboxylic acids is 1. The Morgan fingerprint density at radius 2 is 1.72 bits per heavy atom. The van der Waals surface area contributed by atoms with Crippen LogP contribution < -0.4 is 5.32 Å². The number of hydrogen-bond donors (Lipinski definition) is 1. The fourth-order valence-corrected chi connectivity index (χ4v) is 4.11. The minimum absolute atomic E-state index is 0.0582. The smallest absolute Gasteiger partial charge is 0.241 e. The van der Waals surface area contributed by atoms with Gasteiger partial charge in [0.05, 0.1) is 12.2 Å². The van der Waals surface area contributed by atoms with Crippen molar-refractivity contribution >= 4 is 5.91 Å². The van der Waals surface area contributed by atoms with Crippen LogP contribution in [0.25, 0.3) is 0 Å². The molecular formula is C24H26N4O. The third-order valence-electron chi connectivity index (χ3n) is 5.89. The van der Waals surface area contributed by atoms with E-state index in [2.05, 4.69) is 75.8 Å². The molecule has 0 atom stereocenters. The minimum Gasteiger partial charge on any atom is -0.349 e. The molecule has 0 spiro atoms. The van der Waals surface area contributed by atoms with Gasteiger partial charge in [-0.25, -0.2) is 9.97 Å². The van der Waals surface area contributed by atoms with E-state index >= 15 is 0 Å². The van der Waals surface area contributed by atoms with E-state index < -0.39 is 5.54 Å². The van der Waals surface area contributed by atoms with Crippen LogP contribution in [0.1, 0.15) is 22.4 Å². The standard InChI is InChI=1S/C24H26N4O/c1-28(14-12-19-7-3-2-4-8-19)24(15-20-9-5-6-10-21(20)16-24)23(29)26-17-22-11-13-25-18-27-22/h2-11,13,18H,12,14-17H2,1H3,(H,26,29). The lowest BCUT2D eigenvalue weighted by atomic mass is 9.91. The van der Waals surface area contributed by atoms with E-state index in [1.165, 1.54) is 23.0 Å². The van der Waals surface area contributed by atoms with Crippen LogP contribution in [0, 0.1) is 0 Å². The Balaban J connectivity index is 1.52. The minimum atomic E-state index is -0.578. The van der Waals surface area contributed by atoms with Crippen molar-refractivity contribution in [3.63, 3.8) is 0 Å². The average molecular weight is 386 g/mol. The maximum atomic E-state index is 13.5. The first-order chi connectivity index (χ1) is 14.2. The number of nitrogens with one attached hydrogen (secondary N) is 1. The Morgan fingerprint density at radius 1 is 1.03 bits per heavy atom. The van der Waals surface area contributed by atoms with Gasteiger partial charge in [-0.1, -0.05) is 54.6 Å². The van der Waals surface area contributed by atoms with E-state index in [0.717, 1.165) is 31.5 Å². The van der Waals surface area contributed by atoms with E-state index in [4.69, 9.17) is 0 Å². The van der Waals surface area contributed by atoms with Gasteiger partial charge in [0, 0.05) is 25.6 Å². The molecule has 1 N–H and O–H groups in total. The van der Waals surface area contributed by atoms with Crippen molar-refractivity contribution in [1.82, 2.24) is 20.2 Å². The van der Waals surface area contributed by atoms with Gasteiger partial charge in [0.1, 0.15) is 11.9 Å². The maximum absolute atomic E-state index is 13.5. The number of hydrogen-bond acceptors (Lipinski definition) is 4. The summed E-state index contributed by atoms with van der Waals surface area (Å²) in [5, 5.41) is 3.12. The van der Waals surface area contributed by atoms with Gasteiger partial charge in [0.25, 0.3) is 0 Å². The second-order valence-electron chi connectivity index (χ2n) is 7.69. The number of amides is 1. The van der Waals surface area contributed by atoms with Gasteiger partial charge in [-0.05, 0) is 36.2 Å². The summed E-state index contributed by atoms with van der Waals surface area (Å²) in [6.07, 6.45) is 5.57. The molecular weight excluding hydrogens is 360 g/mol. The summed E-state index contributed by atoms with van der Waals surface area (Å²) in [7, 11) is 2.07. The molecule has 1 aromatic heterocycles. The molecule has 4 rings (SSSR count). The van der Waals surface area contributed by atoms with E-state index in [0.29, 0.717) is 6.54 Å². The number of benzene rings is 2. The van der Waals surface area contributed by atoms with Crippen molar-refractivity contribution in [2.45, 2.75) is 31.3 Å². The molecule has 2 aromatic carbocycles. The average Bonchev–Trinajstić information content (AvgIpc) is 3.18. The van der Waals surface area contributed by atoms with E-state index in [1.54, 1.807) is 6.20 Å². The number of aromatic nitrogens is 2. The zero-order chi connectivity index (χ0) is 20.1. The van der Waals surface area contributed by atoms with Crippen LogP contribution in [0.2, 0.25) is 0 Å². The topological polar surface area (TPSA) is 58.1 Å². The number of carbonyl (C=O) groups is 1. The fourth-order valence-electron chi connectivity index (χ4n) is 4.11. The van der Waals surface area contributed by atoms with Crippen molar-refractivity contribution in [2.75, 3.05) is 13.6 Å². The molecule has 3 aromatic rings. The lowest BCUT2D eigenvalue weighted by Crippen LogP contribution is -2.58. The third-order valence-corrected chi connectivity index (χ3v) is 5.89. The van der Waals surface area contributed by atoms with Crippen LogP contribution in [-0.4, -0.2) is 39.9 Å². The summed E-state index contributed by atoms with van der Waals surface area (Å²) in [4.78, 5) is 23.9. The van der Waals surface area contributed by atoms with Gasteiger partial charge < -0.3 is 5.32 Å². The first-order valence-corrected chi connectivity index (χ1v) is 10.0. The number of likely N-dealkylation sites (N-methyl/N-ethyl adjacent to an activating group) is 1. The molecule has 1 heterocycles.